The van der Waals surface area contributed by atoms with Crippen molar-refractivity contribution in [3.8, 4) is 5.75 Å². The standard InChI is InChI=1S/C27H21F6NOS/c1-14-2-8-19(20(28)10-14)16-5-3-15(4-6-16)17-7-9-23-24(11-17)36-26(34-23)27(32,33)35-18-12-21(29)25(31)22(30)13-18/h2,7-13,15-16H,3-6H2,1H3. The molecule has 5 rings (SSSR count). The van der Waals surface area contributed by atoms with Gasteiger partial charge < -0.3 is 4.74 Å². The molecule has 0 unspecified atom stereocenters. The molecule has 1 saturated carbocycles. The zero-order valence-electron chi connectivity index (χ0n) is 19.1. The summed E-state index contributed by atoms with van der Waals surface area (Å²) in [6, 6.07) is 11.4. The van der Waals surface area contributed by atoms with E-state index >= 15 is 0 Å². The second kappa shape index (κ2) is 9.42. The summed E-state index contributed by atoms with van der Waals surface area (Å²) in [6.07, 6.45) is -0.635. The Balaban J connectivity index is 1.32. The van der Waals surface area contributed by atoms with Crippen LogP contribution in [0.25, 0.3) is 10.2 Å². The highest BCUT2D eigenvalue weighted by Gasteiger charge is 2.39. The number of hydrogen-bond acceptors (Lipinski definition) is 3. The van der Waals surface area contributed by atoms with E-state index in [-0.39, 0.29) is 17.7 Å². The Bertz CT molecular complexity index is 1400. The number of nitrogens with zero attached hydrogens (tertiary/aromatic N) is 1. The van der Waals surface area contributed by atoms with Crippen molar-refractivity contribution >= 4 is 21.6 Å². The molecule has 0 aliphatic heterocycles. The highest BCUT2D eigenvalue weighted by molar-refractivity contribution is 7.18. The van der Waals surface area contributed by atoms with Crippen LogP contribution >= 0.6 is 11.3 Å². The van der Waals surface area contributed by atoms with Crippen LogP contribution in [-0.4, -0.2) is 4.98 Å². The molecule has 1 aliphatic rings. The molecule has 4 aromatic rings. The van der Waals surface area contributed by atoms with E-state index in [0.29, 0.717) is 33.7 Å². The van der Waals surface area contributed by atoms with Gasteiger partial charge in [0.2, 0.25) is 5.01 Å². The molecule has 36 heavy (non-hydrogen) atoms. The van der Waals surface area contributed by atoms with Crippen LogP contribution in [0, 0.1) is 30.2 Å². The zero-order valence-corrected chi connectivity index (χ0v) is 19.9. The summed E-state index contributed by atoms with van der Waals surface area (Å²) in [5.74, 6) is -5.69. The van der Waals surface area contributed by atoms with Crippen LogP contribution < -0.4 is 4.74 Å². The zero-order chi connectivity index (χ0) is 25.6. The van der Waals surface area contributed by atoms with Gasteiger partial charge in [-0.25, -0.2) is 22.5 Å². The molecular formula is C27H21F6NOS. The second-order valence-corrected chi connectivity index (χ2v) is 10.2. The molecule has 188 valence electrons. The van der Waals surface area contributed by atoms with E-state index in [2.05, 4.69) is 9.72 Å². The fourth-order valence-electron chi connectivity index (χ4n) is 4.80. The Morgan fingerprint density at radius 1 is 0.833 bits per heavy atom. The molecule has 1 fully saturated rings. The summed E-state index contributed by atoms with van der Waals surface area (Å²) < 4.78 is 88.7. The number of halogens is 6. The first kappa shape index (κ1) is 24.6. The lowest BCUT2D eigenvalue weighted by Crippen LogP contribution is -2.21. The minimum Gasteiger partial charge on any atom is -0.427 e. The number of ether oxygens (including phenoxy) is 1. The van der Waals surface area contributed by atoms with Gasteiger partial charge in [0.25, 0.3) is 0 Å². The van der Waals surface area contributed by atoms with E-state index in [1.54, 1.807) is 12.1 Å². The molecule has 1 aliphatic carbocycles. The van der Waals surface area contributed by atoms with Gasteiger partial charge in [-0.05, 0) is 79.3 Å². The van der Waals surface area contributed by atoms with Crippen LogP contribution in [-0.2, 0) is 6.11 Å². The molecule has 1 aromatic heterocycles. The van der Waals surface area contributed by atoms with Gasteiger partial charge in [0.05, 0.1) is 10.2 Å². The van der Waals surface area contributed by atoms with Crippen LogP contribution in [0.4, 0.5) is 26.3 Å². The van der Waals surface area contributed by atoms with Crippen LogP contribution in [0.15, 0.2) is 48.5 Å². The van der Waals surface area contributed by atoms with Crippen molar-refractivity contribution in [3.63, 3.8) is 0 Å². The summed E-state index contributed by atoms with van der Waals surface area (Å²) in [5.41, 5.74) is 2.96. The van der Waals surface area contributed by atoms with E-state index in [9.17, 15) is 26.3 Å². The SMILES string of the molecule is Cc1ccc(C2CCC(c3ccc4nc(C(F)(F)Oc5cc(F)c(F)c(F)c5)sc4c3)CC2)c(F)c1. The van der Waals surface area contributed by atoms with Crippen molar-refractivity contribution in [2.75, 3.05) is 0 Å². The van der Waals surface area contributed by atoms with E-state index < -0.39 is 34.3 Å². The molecule has 0 amide bonds. The average Bonchev–Trinajstić information content (AvgIpc) is 3.27. The molecule has 0 bridgehead atoms. The summed E-state index contributed by atoms with van der Waals surface area (Å²) in [7, 11) is 0. The quantitative estimate of drug-likeness (QED) is 0.194. The summed E-state index contributed by atoms with van der Waals surface area (Å²) >= 11 is 0.717. The number of alkyl halides is 2. The van der Waals surface area contributed by atoms with Crippen LogP contribution in [0.1, 0.15) is 59.2 Å². The lowest BCUT2D eigenvalue weighted by Gasteiger charge is -2.29. The van der Waals surface area contributed by atoms with Crippen molar-refractivity contribution in [1.82, 2.24) is 4.98 Å². The van der Waals surface area contributed by atoms with Crippen molar-refractivity contribution in [1.29, 1.82) is 0 Å². The Labute approximate surface area is 207 Å². The average molecular weight is 522 g/mol. The number of benzene rings is 3. The minimum absolute atomic E-state index is 0.151. The maximum Gasteiger partial charge on any atom is 0.454 e. The van der Waals surface area contributed by atoms with Gasteiger partial charge >= 0.3 is 6.11 Å². The van der Waals surface area contributed by atoms with Gasteiger partial charge in [-0.2, -0.15) is 8.78 Å². The maximum atomic E-state index is 14.7. The third-order valence-corrected chi connectivity index (χ3v) is 7.73. The van der Waals surface area contributed by atoms with Gasteiger partial charge in [-0.1, -0.05) is 18.2 Å². The predicted octanol–water partition coefficient (Wildman–Crippen LogP) is 8.73. The number of aromatic nitrogens is 1. The smallest absolute Gasteiger partial charge is 0.427 e. The third kappa shape index (κ3) is 4.81. The highest BCUT2D eigenvalue weighted by atomic mass is 32.1. The molecule has 0 radical (unpaired) electrons. The van der Waals surface area contributed by atoms with Crippen LogP contribution in [0.5, 0.6) is 5.75 Å². The topological polar surface area (TPSA) is 22.1 Å². The van der Waals surface area contributed by atoms with Crippen LogP contribution in [0.3, 0.4) is 0 Å². The van der Waals surface area contributed by atoms with Crippen molar-refractivity contribution < 1.29 is 31.1 Å². The predicted molar refractivity (Wildman–Crippen MR) is 126 cm³/mol. The van der Waals surface area contributed by atoms with Crippen LogP contribution in [0.2, 0.25) is 0 Å². The first-order chi connectivity index (χ1) is 17.1. The molecule has 0 spiro atoms. The minimum atomic E-state index is -3.98. The van der Waals surface area contributed by atoms with Gasteiger partial charge in [0.15, 0.2) is 17.5 Å². The number of rotatable bonds is 5. The van der Waals surface area contributed by atoms with Gasteiger partial charge in [-0.15, -0.1) is 11.3 Å². The molecule has 1 heterocycles. The Hall–Kier alpha value is -3.07. The second-order valence-electron chi connectivity index (χ2n) is 9.14. The fraction of sp³-hybridized carbons (Fsp3) is 0.296. The third-order valence-electron chi connectivity index (χ3n) is 6.66. The largest absolute Gasteiger partial charge is 0.454 e. The number of aryl methyl sites for hydroxylation is 1. The van der Waals surface area contributed by atoms with Crippen molar-refractivity contribution in [3.05, 3.63) is 93.5 Å². The number of thiazole rings is 1. The van der Waals surface area contributed by atoms with E-state index in [4.69, 9.17) is 0 Å². The fourth-order valence-corrected chi connectivity index (χ4v) is 5.73. The summed E-state index contributed by atoms with van der Waals surface area (Å²) in [6.45, 7) is 1.86. The van der Waals surface area contributed by atoms with Crippen molar-refractivity contribution in [2.45, 2.75) is 50.6 Å². The van der Waals surface area contributed by atoms with Gasteiger partial charge in [0, 0.05) is 12.1 Å². The highest BCUT2D eigenvalue weighted by Crippen LogP contribution is 2.43. The Morgan fingerprint density at radius 3 is 2.17 bits per heavy atom. The number of hydrogen-bond donors (Lipinski definition) is 0. The first-order valence-electron chi connectivity index (χ1n) is 11.5. The van der Waals surface area contributed by atoms with E-state index in [0.717, 1.165) is 42.4 Å². The Morgan fingerprint density at radius 2 is 1.50 bits per heavy atom. The van der Waals surface area contributed by atoms with Gasteiger partial charge in [-0.3, -0.25) is 0 Å². The Kier molecular flexibility index (Phi) is 6.44. The summed E-state index contributed by atoms with van der Waals surface area (Å²) in [5, 5.41) is -0.682. The lowest BCUT2D eigenvalue weighted by atomic mass is 9.76. The molecule has 9 heteroatoms. The van der Waals surface area contributed by atoms with Crippen molar-refractivity contribution in [2.24, 2.45) is 0 Å². The van der Waals surface area contributed by atoms with E-state index in [1.165, 1.54) is 0 Å². The molecular weight excluding hydrogens is 500 g/mol. The molecule has 0 N–H and O–H groups in total. The molecule has 0 atom stereocenters. The monoisotopic (exact) mass is 521 g/mol. The van der Waals surface area contributed by atoms with E-state index in [1.807, 2.05) is 31.2 Å². The summed E-state index contributed by atoms with van der Waals surface area (Å²) in [4.78, 5) is 3.94. The normalized spacial score (nSPS) is 18.5. The molecule has 0 saturated heterocycles. The maximum absolute atomic E-state index is 14.7. The lowest BCUT2D eigenvalue weighted by molar-refractivity contribution is -0.185. The van der Waals surface area contributed by atoms with Gasteiger partial charge in [0.1, 0.15) is 11.6 Å². The molecule has 2 nitrogen and oxygen atoms in total. The number of fused-ring (bicyclic) bond motifs is 1. The first-order valence-corrected chi connectivity index (χ1v) is 12.3. The molecule has 3 aromatic carbocycles.